The third kappa shape index (κ3) is 2.99. The van der Waals surface area contributed by atoms with Gasteiger partial charge >= 0.3 is 0 Å². The van der Waals surface area contributed by atoms with E-state index in [1.807, 2.05) is 22.6 Å². The summed E-state index contributed by atoms with van der Waals surface area (Å²) < 4.78 is 5.60. The van der Waals surface area contributed by atoms with Gasteiger partial charge in [-0.3, -0.25) is 4.79 Å². The van der Waals surface area contributed by atoms with E-state index in [1.165, 1.54) is 0 Å². The van der Waals surface area contributed by atoms with Gasteiger partial charge in [-0.25, -0.2) is 0 Å². The number of carbonyl (C=O) groups is 2. The third-order valence-electron chi connectivity index (χ3n) is 1.44. The van der Waals surface area contributed by atoms with Gasteiger partial charge in [0.15, 0.2) is 0 Å². The molecule has 0 radical (unpaired) electrons. The maximum Gasteiger partial charge on any atom is 0.150 e. The number of halogens is 1. The van der Waals surface area contributed by atoms with Gasteiger partial charge in [0.2, 0.25) is 0 Å². The van der Waals surface area contributed by atoms with Crippen LogP contribution in [0.3, 0.4) is 0 Å². The van der Waals surface area contributed by atoms with E-state index >= 15 is 0 Å². The molecule has 0 unspecified atom stereocenters. The lowest BCUT2D eigenvalue weighted by Crippen LogP contribution is -2.29. The Morgan fingerprint density at radius 2 is 2.29 bits per heavy atom. The van der Waals surface area contributed by atoms with Crippen molar-refractivity contribution in [3.05, 3.63) is 27.3 Å². The number of ether oxygens (including phenoxy) is 1. The maximum atomic E-state index is 10.4. The Bertz CT molecular complexity index is 362. The summed E-state index contributed by atoms with van der Waals surface area (Å²) in [7, 11) is 0. The van der Waals surface area contributed by atoms with Crippen LogP contribution in [0.15, 0.2) is 18.2 Å². The number of carboxylic acids is 1. The highest BCUT2D eigenvalue weighted by Gasteiger charge is 2.01. The van der Waals surface area contributed by atoms with E-state index in [1.54, 1.807) is 18.2 Å². The molecule has 0 fully saturated rings. The average Bonchev–Trinajstić information content (AvgIpc) is 2.15. The molecule has 0 saturated heterocycles. The zero-order valence-corrected chi connectivity index (χ0v) is 9.18. The molecular weight excluding hydrogens is 299 g/mol. The normalized spacial score (nSPS) is 9.50. The van der Waals surface area contributed by atoms with E-state index in [-0.39, 0.29) is 0 Å². The largest absolute Gasteiger partial charge is 0.546 e. The summed E-state index contributed by atoms with van der Waals surface area (Å²) in [6.45, 7) is -0.490. The fourth-order valence-electron chi connectivity index (χ4n) is 0.844. The fraction of sp³-hybridized carbons (Fsp3) is 0.111. The second-order valence-electron chi connectivity index (χ2n) is 2.47. The third-order valence-corrected chi connectivity index (χ3v) is 2.28. The number of carbonyl (C=O) groups excluding carboxylic acids is 2. The molecule has 0 heterocycles. The van der Waals surface area contributed by atoms with Crippen LogP contribution >= 0.6 is 22.6 Å². The van der Waals surface area contributed by atoms with Crippen molar-refractivity contribution in [1.82, 2.24) is 0 Å². The van der Waals surface area contributed by atoms with Crippen molar-refractivity contribution in [2.24, 2.45) is 0 Å². The lowest BCUT2D eigenvalue weighted by atomic mass is 10.2. The summed E-state index contributed by atoms with van der Waals surface area (Å²) >= 11 is 1.96. The van der Waals surface area contributed by atoms with Crippen LogP contribution in [0.2, 0.25) is 0 Å². The summed E-state index contributed by atoms with van der Waals surface area (Å²) in [5.74, 6) is -0.847. The summed E-state index contributed by atoms with van der Waals surface area (Å²) in [4.78, 5) is 20.5. The Labute approximate surface area is 94.0 Å². The van der Waals surface area contributed by atoms with Gasteiger partial charge < -0.3 is 14.6 Å². The van der Waals surface area contributed by atoms with Gasteiger partial charge in [0.25, 0.3) is 0 Å². The zero-order chi connectivity index (χ0) is 10.6. The minimum atomic E-state index is -1.28. The van der Waals surface area contributed by atoms with E-state index in [0.29, 0.717) is 21.2 Å². The maximum absolute atomic E-state index is 10.4. The fourth-order valence-corrected chi connectivity index (χ4v) is 1.54. The van der Waals surface area contributed by atoms with Crippen molar-refractivity contribution >= 4 is 34.8 Å². The average molecular weight is 305 g/mol. The van der Waals surface area contributed by atoms with Gasteiger partial charge in [-0.2, -0.15) is 0 Å². The first kappa shape index (κ1) is 11.0. The molecule has 1 aromatic carbocycles. The molecule has 14 heavy (non-hydrogen) atoms. The molecule has 74 valence electrons. The van der Waals surface area contributed by atoms with Crippen molar-refractivity contribution in [3.8, 4) is 5.75 Å². The SMILES string of the molecule is O=Cc1ccc(OCC(=O)[O-])c(I)c1. The predicted octanol–water partition coefficient (Wildman–Crippen LogP) is 0.232. The van der Waals surface area contributed by atoms with E-state index in [0.717, 1.165) is 0 Å². The van der Waals surface area contributed by atoms with E-state index in [9.17, 15) is 14.7 Å². The van der Waals surface area contributed by atoms with Crippen LogP contribution in [0.25, 0.3) is 0 Å². The van der Waals surface area contributed by atoms with Gasteiger partial charge in [-0.05, 0) is 40.8 Å². The number of hydrogen-bond donors (Lipinski definition) is 0. The first-order valence-electron chi connectivity index (χ1n) is 3.71. The lowest BCUT2D eigenvalue weighted by molar-refractivity contribution is -0.307. The highest BCUT2D eigenvalue weighted by Crippen LogP contribution is 2.21. The molecule has 0 aromatic heterocycles. The summed E-state index contributed by atoms with van der Waals surface area (Å²) in [5, 5.41) is 10.1. The molecule has 0 aliphatic rings. The molecule has 0 atom stereocenters. The van der Waals surface area contributed by atoms with Gasteiger partial charge in [-0.15, -0.1) is 0 Å². The number of rotatable bonds is 4. The van der Waals surface area contributed by atoms with Crippen molar-refractivity contribution in [1.29, 1.82) is 0 Å². The van der Waals surface area contributed by atoms with E-state index in [4.69, 9.17) is 4.74 Å². The molecule has 4 nitrogen and oxygen atoms in total. The van der Waals surface area contributed by atoms with Crippen LogP contribution in [0.4, 0.5) is 0 Å². The smallest absolute Gasteiger partial charge is 0.150 e. The molecule has 0 spiro atoms. The van der Waals surface area contributed by atoms with Crippen molar-refractivity contribution in [2.45, 2.75) is 0 Å². The highest BCUT2D eigenvalue weighted by atomic mass is 127. The van der Waals surface area contributed by atoms with Crippen LogP contribution in [0, 0.1) is 3.57 Å². The van der Waals surface area contributed by atoms with E-state index in [2.05, 4.69) is 0 Å². The second-order valence-corrected chi connectivity index (χ2v) is 3.63. The molecule has 0 N–H and O–H groups in total. The Morgan fingerprint density at radius 1 is 1.57 bits per heavy atom. The summed E-state index contributed by atoms with van der Waals surface area (Å²) in [6.07, 6.45) is 0.713. The molecule has 0 aliphatic carbocycles. The van der Waals surface area contributed by atoms with Crippen LogP contribution < -0.4 is 9.84 Å². The number of benzene rings is 1. The molecule has 1 rings (SSSR count). The van der Waals surface area contributed by atoms with Gasteiger partial charge in [0.05, 0.1) is 9.54 Å². The topological polar surface area (TPSA) is 66.4 Å². The van der Waals surface area contributed by atoms with Crippen LogP contribution in [-0.2, 0) is 4.79 Å². The number of carboxylic acid groups (broad SMARTS) is 1. The van der Waals surface area contributed by atoms with Crippen molar-refractivity contribution < 1.29 is 19.4 Å². The molecule has 0 amide bonds. The Morgan fingerprint density at radius 3 is 2.79 bits per heavy atom. The van der Waals surface area contributed by atoms with Crippen LogP contribution in [-0.4, -0.2) is 18.9 Å². The zero-order valence-electron chi connectivity index (χ0n) is 7.03. The predicted molar refractivity (Wildman–Crippen MR) is 55.0 cm³/mol. The highest BCUT2D eigenvalue weighted by molar-refractivity contribution is 14.1. The van der Waals surface area contributed by atoms with E-state index < -0.39 is 12.6 Å². The minimum absolute atomic E-state index is 0.431. The van der Waals surface area contributed by atoms with Crippen molar-refractivity contribution in [3.63, 3.8) is 0 Å². The Balaban J connectivity index is 2.78. The molecule has 5 heteroatoms. The van der Waals surface area contributed by atoms with Gasteiger partial charge in [0.1, 0.15) is 18.6 Å². The number of aliphatic carboxylic acids is 1. The first-order chi connectivity index (χ1) is 6.63. The van der Waals surface area contributed by atoms with Gasteiger partial charge in [-0.1, -0.05) is 0 Å². The summed E-state index contributed by atoms with van der Waals surface area (Å²) in [6, 6.07) is 4.71. The number of hydrogen-bond acceptors (Lipinski definition) is 4. The molecular formula is C9H6IO4-. The van der Waals surface area contributed by atoms with Crippen LogP contribution in [0.5, 0.6) is 5.75 Å². The first-order valence-corrected chi connectivity index (χ1v) is 4.78. The molecule has 0 bridgehead atoms. The Hall–Kier alpha value is -1.11. The standard InChI is InChI=1S/C9H7IO4/c10-7-3-6(4-11)1-2-8(7)14-5-9(12)13/h1-4H,5H2,(H,12,13)/p-1. The molecule has 0 aliphatic heterocycles. The quantitative estimate of drug-likeness (QED) is 0.590. The number of aldehydes is 1. The van der Waals surface area contributed by atoms with Crippen molar-refractivity contribution in [2.75, 3.05) is 6.61 Å². The minimum Gasteiger partial charge on any atom is -0.546 e. The monoisotopic (exact) mass is 305 g/mol. The Kier molecular flexibility index (Phi) is 3.87. The summed E-state index contributed by atoms with van der Waals surface area (Å²) in [5.41, 5.74) is 0.523. The lowest BCUT2D eigenvalue weighted by Gasteiger charge is -2.08. The second kappa shape index (κ2) is 4.94. The van der Waals surface area contributed by atoms with Gasteiger partial charge in [0, 0.05) is 5.56 Å². The molecule has 1 aromatic rings. The van der Waals surface area contributed by atoms with Crippen LogP contribution in [0.1, 0.15) is 10.4 Å². The molecule has 0 saturated carbocycles.